The lowest BCUT2D eigenvalue weighted by atomic mass is 10.2. The van der Waals surface area contributed by atoms with Crippen LogP contribution in [0.5, 0.6) is 0 Å². The average Bonchev–Trinajstić information content (AvgIpc) is 3.25. The van der Waals surface area contributed by atoms with Crippen LogP contribution in [-0.4, -0.2) is 56.9 Å². The number of amides is 1. The van der Waals surface area contributed by atoms with Crippen molar-refractivity contribution in [2.45, 2.75) is 20.8 Å². The van der Waals surface area contributed by atoms with E-state index in [9.17, 15) is 4.79 Å². The zero-order chi connectivity index (χ0) is 24.4. The number of pyridine rings is 1. The Morgan fingerprint density at radius 1 is 0.914 bits per heavy atom. The van der Waals surface area contributed by atoms with Gasteiger partial charge in [-0.3, -0.25) is 4.79 Å². The number of hydrogen-bond acceptors (Lipinski definition) is 8. The number of anilines is 3. The number of nitrogens with zero attached hydrogens (tertiary/aromatic N) is 6. The molecule has 178 valence electrons. The standard InChI is InChI=1S/C26H27N7OS/c1-17-9-10-27-21(15-17)31-22-16-23(30-19(3)29-22)32-11-13-33(14-12-32)26(34)24-18(2)28-25(35-24)20-7-5-4-6-8-20/h4-10,15-16H,11-14H2,1-3H3,(H,27,29,30,31). The molecule has 4 heterocycles. The second-order valence-corrected chi connectivity index (χ2v) is 9.58. The highest BCUT2D eigenvalue weighted by atomic mass is 32.1. The van der Waals surface area contributed by atoms with Crippen molar-refractivity contribution in [1.29, 1.82) is 0 Å². The molecule has 0 radical (unpaired) electrons. The Kier molecular flexibility index (Phi) is 6.41. The van der Waals surface area contributed by atoms with Crippen LogP contribution in [0.4, 0.5) is 17.5 Å². The summed E-state index contributed by atoms with van der Waals surface area (Å²) >= 11 is 1.47. The molecule has 0 aliphatic carbocycles. The molecule has 1 N–H and O–H groups in total. The fourth-order valence-corrected chi connectivity index (χ4v) is 5.13. The summed E-state index contributed by atoms with van der Waals surface area (Å²) in [5.74, 6) is 3.04. The van der Waals surface area contributed by atoms with E-state index < -0.39 is 0 Å². The summed E-state index contributed by atoms with van der Waals surface area (Å²) in [6.45, 7) is 8.48. The number of rotatable bonds is 5. The number of nitrogens with one attached hydrogen (secondary N) is 1. The number of carbonyl (C=O) groups excluding carboxylic acids is 1. The van der Waals surface area contributed by atoms with Gasteiger partial charge in [0.15, 0.2) is 0 Å². The third-order valence-corrected chi connectivity index (χ3v) is 7.09. The van der Waals surface area contributed by atoms with Gasteiger partial charge in [-0.05, 0) is 38.5 Å². The molecule has 9 heteroatoms. The van der Waals surface area contributed by atoms with Crippen molar-refractivity contribution in [2.24, 2.45) is 0 Å². The number of benzene rings is 1. The van der Waals surface area contributed by atoms with Crippen molar-refractivity contribution in [3.8, 4) is 10.6 Å². The molecule has 35 heavy (non-hydrogen) atoms. The minimum Gasteiger partial charge on any atom is -0.353 e. The lowest BCUT2D eigenvalue weighted by Gasteiger charge is -2.35. The summed E-state index contributed by atoms with van der Waals surface area (Å²) in [6.07, 6.45) is 1.77. The van der Waals surface area contributed by atoms with E-state index in [4.69, 9.17) is 0 Å². The molecule has 1 aliphatic heterocycles. The van der Waals surface area contributed by atoms with Gasteiger partial charge in [0.25, 0.3) is 5.91 Å². The Labute approximate surface area is 208 Å². The predicted octanol–water partition coefficient (Wildman–Crippen LogP) is 4.63. The highest BCUT2D eigenvalue weighted by molar-refractivity contribution is 7.17. The van der Waals surface area contributed by atoms with Crippen LogP contribution in [0, 0.1) is 20.8 Å². The maximum Gasteiger partial charge on any atom is 0.265 e. The lowest BCUT2D eigenvalue weighted by molar-refractivity contribution is 0.0750. The summed E-state index contributed by atoms with van der Waals surface area (Å²) in [5.41, 5.74) is 2.95. The fourth-order valence-electron chi connectivity index (χ4n) is 4.10. The molecular weight excluding hydrogens is 458 g/mol. The molecular formula is C26H27N7OS. The van der Waals surface area contributed by atoms with E-state index in [1.807, 2.05) is 74.2 Å². The van der Waals surface area contributed by atoms with Crippen LogP contribution in [-0.2, 0) is 0 Å². The molecule has 1 amide bonds. The highest BCUT2D eigenvalue weighted by Crippen LogP contribution is 2.29. The van der Waals surface area contributed by atoms with E-state index in [1.54, 1.807) is 6.20 Å². The predicted molar refractivity (Wildman–Crippen MR) is 139 cm³/mol. The highest BCUT2D eigenvalue weighted by Gasteiger charge is 2.26. The van der Waals surface area contributed by atoms with Crippen LogP contribution in [0.25, 0.3) is 10.6 Å². The number of aromatic nitrogens is 4. The van der Waals surface area contributed by atoms with Crippen molar-refractivity contribution < 1.29 is 4.79 Å². The maximum atomic E-state index is 13.3. The molecule has 0 atom stereocenters. The van der Waals surface area contributed by atoms with Crippen molar-refractivity contribution in [3.63, 3.8) is 0 Å². The molecule has 4 aromatic rings. The van der Waals surface area contributed by atoms with Crippen LogP contribution in [0.15, 0.2) is 54.7 Å². The molecule has 1 aromatic carbocycles. The van der Waals surface area contributed by atoms with Crippen LogP contribution < -0.4 is 10.2 Å². The maximum absolute atomic E-state index is 13.3. The first-order valence-electron chi connectivity index (χ1n) is 11.6. The SMILES string of the molecule is Cc1ccnc(Nc2cc(N3CCN(C(=O)c4sc(-c5ccccc5)nc4C)CC3)nc(C)n2)c1. The number of hydrogen-bond donors (Lipinski definition) is 1. The number of aryl methyl sites for hydroxylation is 3. The quantitative estimate of drug-likeness (QED) is 0.441. The van der Waals surface area contributed by atoms with Crippen molar-refractivity contribution in [3.05, 3.63) is 76.7 Å². The van der Waals surface area contributed by atoms with Crippen molar-refractivity contribution >= 4 is 34.7 Å². The van der Waals surface area contributed by atoms with E-state index in [0.29, 0.717) is 42.7 Å². The first kappa shape index (κ1) is 22.9. The number of piperazine rings is 1. The topological polar surface area (TPSA) is 87.1 Å². The Hall–Kier alpha value is -3.85. The van der Waals surface area contributed by atoms with Gasteiger partial charge >= 0.3 is 0 Å². The molecule has 0 spiro atoms. The first-order valence-corrected chi connectivity index (χ1v) is 12.4. The molecule has 1 fully saturated rings. The van der Waals surface area contributed by atoms with E-state index >= 15 is 0 Å². The largest absolute Gasteiger partial charge is 0.353 e. The van der Waals surface area contributed by atoms with Crippen LogP contribution in [0.3, 0.4) is 0 Å². The first-order chi connectivity index (χ1) is 17.0. The smallest absolute Gasteiger partial charge is 0.265 e. The number of thiazole rings is 1. The van der Waals surface area contributed by atoms with Crippen molar-refractivity contribution in [1.82, 2.24) is 24.8 Å². The van der Waals surface area contributed by atoms with Gasteiger partial charge in [-0.15, -0.1) is 11.3 Å². The molecule has 1 saturated heterocycles. The molecule has 1 aliphatic rings. The molecule has 0 saturated carbocycles. The van der Waals surface area contributed by atoms with Gasteiger partial charge < -0.3 is 15.1 Å². The van der Waals surface area contributed by atoms with E-state index in [2.05, 4.69) is 30.2 Å². The van der Waals surface area contributed by atoms with Crippen molar-refractivity contribution in [2.75, 3.05) is 36.4 Å². The van der Waals surface area contributed by atoms with Crippen LogP contribution in [0.1, 0.15) is 26.8 Å². The third-order valence-electron chi connectivity index (χ3n) is 5.90. The van der Waals surface area contributed by atoms with Gasteiger partial charge in [-0.1, -0.05) is 30.3 Å². The Morgan fingerprint density at radius 3 is 2.43 bits per heavy atom. The summed E-state index contributed by atoms with van der Waals surface area (Å²) in [6, 6.07) is 15.9. The van der Waals surface area contributed by atoms with Crippen LogP contribution >= 0.6 is 11.3 Å². The van der Waals surface area contributed by atoms with Gasteiger partial charge in [0.1, 0.15) is 33.2 Å². The molecule has 0 unspecified atom stereocenters. The molecule has 0 bridgehead atoms. The Morgan fingerprint density at radius 2 is 1.69 bits per heavy atom. The average molecular weight is 486 g/mol. The lowest BCUT2D eigenvalue weighted by Crippen LogP contribution is -2.49. The summed E-state index contributed by atoms with van der Waals surface area (Å²) in [5, 5.41) is 4.16. The van der Waals surface area contributed by atoms with Gasteiger partial charge in [0.2, 0.25) is 0 Å². The van der Waals surface area contributed by atoms with Gasteiger partial charge in [0, 0.05) is 44.0 Å². The van der Waals surface area contributed by atoms with E-state index in [0.717, 1.165) is 33.5 Å². The Balaban J connectivity index is 1.26. The zero-order valence-electron chi connectivity index (χ0n) is 20.0. The van der Waals surface area contributed by atoms with E-state index in [1.165, 1.54) is 11.3 Å². The minimum absolute atomic E-state index is 0.0496. The molecule has 8 nitrogen and oxygen atoms in total. The van der Waals surface area contributed by atoms with Crippen LogP contribution in [0.2, 0.25) is 0 Å². The second kappa shape index (κ2) is 9.79. The number of carbonyl (C=O) groups is 1. The van der Waals surface area contributed by atoms with Gasteiger partial charge in [-0.2, -0.15) is 0 Å². The Bertz CT molecular complexity index is 1350. The minimum atomic E-state index is 0.0496. The van der Waals surface area contributed by atoms with E-state index in [-0.39, 0.29) is 5.91 Å². The molecule has 5 rings (SSSR count). The second-order valence-electron chi connectivity index (χ2n) is 8.58. The van der Waals surface area contributed by atoms with Gasteiger partial charge in [-0.25, -0.2) is 19.9 Å². The third kappa shape index (κ3) is 5.14. The summed E-state index contributed by atoms with van der Waals surface area (Å²) in [7, 11) is 0. The fraction of sp³-hybridized carbons (Fsp3) is 0.269. The summed E-state index contributed by atoms with van der Waals surface area (Å²) < 4.78 is 0. The zero-order valence-corrected chi connectivity index (χ0v) is 20.8. The normalized spacial score (nSPS) is 13.7. The summed E-state index contributed by atoms with van der Waals surface area (Å²) in [4.78, 5) is 36.3. The molecule has 3 aromatic heterocycles. The van der Waals surface area contributed by atoms with Gasteiger partial charge in [0.05, 0.1) is 5.69 Å². The monoisotopic (exact) mass is 485 g/mol.